The maximum Gasteiger partial charge on any atom is 0.223 e. The molecule has 2 unspecified atom stereocenters. The zero-order chi connectivity index (χ0) is 12.3. The summed E-state index contributed by atoms with van der Waals surface area (Å²) < 4.78 is 1.14. The molecule has 1 amide bonds. The number of halogens is 1. The molecule has 2 atom stereocenters. The van der Waals surface area contributed by atoms with Gasteiger partial charge in [-0.3, -0.25) is 4.79 Å². The second kappa shape index (κ2) is 5.98. The minimum atomic E-state index is 0.139. The normalized spacial score (nSPS) is 23.9. The van der Waals surface area contributed by atoms with Crippen LogP contribution in [0.1, 0.15) is 24.1 Å². The standard InChI is InChI=1S/C12H17BrN2OS/c13-11-4-3-10(17-11)5-6-15-12(16)8-1-2-9(14)7-8/h3-4,8-9H,1-2,5-7,14H2,(H,15,16). The fourth-order valence-electron chi connectivity index (χ4n) is 2.19. The van der Waals surface area contributed by atoms with Crippen molar-refractivity contribution in [3.63, 3.8) is 0 Å². The van der Waals surface area contributed by atoms with Crippen LogP contribution in [0.15, 0.2) is 15.9 Å². The van der Waals surface area contributed by atoms with Crippen LogP contribution in [0.5, 0.6) is 0 Å². The Hall–Kier alpha value is -0.390. The van der Waals surface area contributed by atoms with Gasteiger partial charge in [0.2, 0.25) is 5.91 Å². The molecule has 0 aromatic carbocycles. The molecule has 0 spiro atoms. The number of hydrogen-bond donors (Lipinski definition) is 2. The maximum atomic E-state index is 11.8. The third-order valence-corrected chi connectivity index (χ3v) is 4.83. The molecule has 1 fully saturated rings. The first-order valence-corrected chi connectivity index (χ1v) is 7.53. The fourth-order valence-corrected chi connectivity index (χ4v) is 3.68. The van der Waals surface area contributed by atoms with E-state index in [1.165, 1.54) is 4.88 Å². The zero-order valence-corrected chi connectivity index (χ0v) is 12.0. The summed E-state index contributed by atoms with van der Waals surface area (Å²) in [6, 6.07) is 4.35. The monoisotopic (exact) mass is 316 g/mol. The van der Waals surface area contributed by atoms with Crippen molar-refractivity contribution in [2.24, 2.45) is 11.7 Å². The lowest BCUT2D eigenvalue weighted by Gasteiger charge is -2.10. The molecule has 0 radical (unpaired) electrons. The van der Waals surface area contributed by atoms with Crippen molar-refractivity contribution in [3.05, 3.63) is 20.8 Å². The van der Waals surface area contributed by atoms with E-state index in [0.29, 0.717) is 0 Å². The topological polar surface area (TPSA) is 55.1 Å². The van der Waals surface area contributed by atoms with Crippen molar-refractivity contribution in [2.45, 2.75) is 31.7 Å². The van der Waals surface area contributed by atoms with Gasteiger partial charge >= 0.3 is 0 Å². The van der Waals surface area contributed by atoms with Crippen LogP contribution in [0.3, 0.4) is 0 Å². The van der Waals surface area contributed by atoms with Gasteiger partial charge in [-0.1, -0.05) is 0 Å². The van der Waals surface area contributed by atoms with E-state index in [2.05, 4.69) is 27.3 Å². The number of nitrogens with one attached hydrogen (secondary N) is 1. The van der Waals surface area contributed by atoms with Gasteiger partial charge in [0.25, 0.3) is 0 Å². The molecular formula is C12H17BrN2OS. The van der Waals surface area contributed by atoms with Gasteiger partial charge in [-0.25, -0.2) is 0 Å². The van der Waals surface area contributed by atoms with Crippen LogP contribution in [0.4, 0.5) is 0 Å². The van der Waals surface area contributed by atoms with Crippen LogP contribution in [0.25, 0.3) is 0 Å². The fraction of sp³-hybridized carbons (Fsp3) is 0.583. The zero-order valence-electron chi connectivity index (χ0n) is 9.62. The van der Waals surface area contributed by atoms with E-state index < -0.39 is 0 Å². The minimum Gasteiger partial charge on any atom is -0.356 e. The number of thiophene rings is 1. The van der Waals surface area contributed by atoms with Gasteiger partial charge in [0, 0.05) is 23.4 Å². The van der Waals surface area contributed by atoms with Crippen molar-refractivity contribution in [1.82, 2.24) is 5.32 Å². The molecule has 1 saturated carbocycles. The Kier molecular flexibility index (Phi) is 4.59. The highest BCUT2D eigenvalue weighted by Gasteiger charge is 2.27. The summed E-state index contributed by atoms with van der Waals surface area (Å²) in [5.74, 6) is 0.314. The Morgan fingerprint density at radius 1 is 1.53 bits per heavy atom. The molecule has 3 N–H and O–H groups in total. The quantitative estimate of drug-likeness (QED) is 0.895. The van der Waals surface area contributed by atoms with Crippen molar-refractivity contribution < 1.29 is 4.79 Å². The third-order valence-electron chi connectivity index (χ3n) is 3.14. The number of hydrogen-bond acceptors (Lipinski definition) is 3. The van der Waals surface area contributed by atoms with Crippen molar-refractivity contribution in [3.8, 4) is 0 Å². The molecule has 1 aromatic heterocycles. The number of carbonyl (C=O) groups is 1. The first kappa shape index (κ1) is 13.1. The van der Waals surface area contributed by atoms with Gasteiger partial charge in [0.15, 0.2) is 0 Å². The highest BCUT2D eigenvalue weighted by atomic mass is 79.9. The molecule has 2 rings (SSSR count). The van der Waals surface area contributed by atoms with Gasteiger partial charge in [-0.2, -0.15) is 0 Å². The molecule has 3 nitrogen and oxygen atoms in total. The summed E-state index contributed by atoms with van der Waals surface area (Å²) >= 11 is 5.15. The van der Waals surface area contributed by atoms with Gasteiger partial charge < -0.3 is 11.1 Å². The van der Waals surface area contributed by atoms with E-state index in [1.54, 1.807) is 11.3 Å². The summed E-state index contributed by atoms with van der Waals surface area (Å²) in [7, 11) is 0. The molecule has 0 aliphatic heterocycles. The highest BCUT2D eigenvalue weighted by molar-refractivity contribution is 9.11. The van der Waals surface area contributed by atoms with Crippen molar-refractivity contribution >= 4 is 33.2 Å². The average molecular weight is 317 g/mol. The third kappa shape index (κ3) is 3.79. The predicted molar refractivity (Wildman–Crippen MR) is 74.0 cm³/mol. The minimum absolute atomic E-state index is 0.139. The van der Waals surface area contributed by atoms with E-state index >= 15 is 0 Å². The number of carbonyl (C=O) groups excluding carboxylic acids is 1. The summed E-state index contributed by atoms with van der Waals surface area (Å²) in [6.45, 7) is 0.720. The summed E-state index contributed by atoms with van der Waals surface area (Å²) in [5, 5.41) is 3.00. The van der Waals surface area contributed by atoms with Crippen molar-refractivity contribution in [2.75, 3.05) is 6.54 Å². The number of rotatable bonds is 4. The Bertz CT molecular complexity index is 394. The molecular weight excluding hydrogens is 300 g/mol. The van der Waals surface area contributed by atoms with Gasteiger partial charge in [-0.15, -0.1) is 11.3 Å². The van der Waals surface area contributed by atoms with Gasteiger partial charge in [-0.05, 0) is 53.7 Å². The van der Waals surface area contributed by atoms with E-state index in [0.717, 1.165) is 36.0 Å². The lowest BCUT2D eigenvalue weighted by atomic mass is 10.1. The van der Waals surface area contributed by atoms with E-state index in [4.69, 9.17) is 5.73 Å². The van der Waals surface area contributed by atoms with Crippen LogP contribution in [-0.2, 0) is 11.2 Å². The second-order valence-electron chi connectivity index (χ2n) is 4.52. The smallest absolute Gasteiger partial charge is 0.223 e. The Morgan fingerprint density at radius 3 is 2.94 bits per heavy atom. The first-order valence-electron chi connectivity index (χ1n) is 5.92. The predicted octanol–water partition coefficient (Wildman–Crippen LogP) is 2.30. The lowest BCUT2D eigenvalue weighted by Crippen LogP contribution is -2.31. The molecule has 1 aliphatic rings. The van der Waals surface area contributed by atoms with Crippen LogP contribution in [-0.4, -0.2) is 18.5 Å². The summed E-state index contributed by atoms with van der Waals surface area (Å²) in [5.41, 5.74) is 5.80. The maximum absolute atomic E-state index is 11.8. The lowest BCUT2D eigenvalue weighted by molar-refractivity contribution is -0.124. The molecule has 1 aliphatic carbocycles. The Labute approximate surface area is 114 Å². The average Bonchev–Trinajstić information content (AvgIpc) is 2.88. The molecule has 94 valence electrons. The molecule has 5 heteroatoms. The van der Waals surface area contributed by atoms with Gasteiger partial charge in [0.05, 0.1) is 3.79 Å². The van der Waals surface area contributed by atoms with E-state index in [-0.39, 0.29) is 17.9 Å². The molecule has 17 heavy (non-hydrogen) atoms. The Morgan fingerprint density at radius 2 is 2.35 bits per heavy atom. The first-order chi connectivity index (χ1) is 8.15. The van der Waals surface area contributed by atoms with Crippen LogP contribution < -0.4 is 11.1 Å². The highest BCUT2D eigenvalue weighted by Crippen LogP contribution is 2.24. The summed E-state index contributed by atoms with van der Waals surface area (Å²) in [4.78, 5) is 13.1. The number of nitrogens with two attached hydrogens (primary N) is 1. The van der Waals surface area contributed by atoms with Gasteiger partial charge in [0.1, 0.15) is 0 Å². The Balaban J connectivity index is 1.70. The van der Waals surface area contributed by atoms with E-state index in [9.17, 15) is 4.79 Å². The molecule has 1 aromatic rings. The SMILES string of the molecule is NC1CCC(C(=O)NCCc2ccc(Br)s2)C1. The van der Waals surface area contributed by atoms with Crippen LogP contribution in [0, 0.1) is 5.92 Å². The second-order valence-corrected chi connectivity index (χ2v) is 7.06. The largest absolute Gasteiger partial charge is 0.356 e. The van der Waals surface area contributed by atoms with E-state index in [1.807, 2.05) is 6.07 Å². The molecule has 0 saturated heterocycles. The van der Waals surface area contributed by atoms with Crippen LogP contribution >= 0.6 is 27.3 Å². The van der Waals surface area contributed by atoms with Crippen molar-refractivity contribution in [1.29, 1.82) is 0 Å². The number of amides is 1. The molecule has 0 bridgehead atoms. The van der Waals surface area contributed by atoms with Crippen LogP contribution in [0.2, 0.25) is 0 Å². The summed E-state index contributed by atoms with van der Waals surface area (Å²) in [6.07, 6.45) is 3.67. The molecule has 1 heterocycles.